The number of imidazole rings is 1. The number of nitrogens with one attached hydrogen (secondary N) is 2. The Balaban J connectivity index is 1.53. The first-order valence-corrected chi connectivity index (χ1v) is 6.75. The van der Waals surface area contributed by atoms with Gasteiger partial charge in [-0.1, -0.05) is 0 Å². The van der Waals surface area contributed by atoms with E-state index in [9.17, 15) is 0 Å². The van der Waals surface area contributed by atoms with E-state index in [1.807, 2.05) is 6.07 Å². The van der Waals surface area contributed by atoms with E-state index in [0.29, 0.717) is 0 Å². The summed E-state index contributed by atoms with van der Waals surface area (Å²) in [5.74, 6) is 3.04. The zero-order chi connectivity index (χ0) is 11.9. The van der Waals surface area contributed by atoms with Gasteiger partial charge in [-0.3, -0.25) is 0 Å². The molecule has 4 rings (SSSR count). The van der Waals surface area contributed by atoms with E-state index >= 15 is 0 Å². The van der Waals surface area contributed by atoms with Crippen LogP contribution in [0.15, 0.2) is 16.7 Å². The average molecular weight is 243 g/mol. The van der Waals surface area contributed by atoms with Crippen LogP contribution in [-0.2, 0) is 19.4 Å². The summed E-state index contributed by atoms with van der Waals surface area (Å²) in [7, 11) is 0. The highest BCUT2D eigenvalue weighted by Crippen LogP contribution is 2.32. The predicted octanol–water partition coefficient (Wildman–Crippen LogP) is 2.27. The first-order valence-electron chi connectivity index (χ1n) is 6.75. The number of aromatic nitrogens is 2. The number of aromatic amines is 1. The zero-order valence-electron chi connectivity index (χ0n) is 10.3. The van der Waals surface area contributed by atoms with Gasteiger partial charge in [-0.05, 0) is 37.8 Å². The van der Waals surface area contributed by atoms with Crippen molar-refractivity contribution in [3.8, 4) is 11.3 Å². The first-order chi connectivity index (χ1) is 8.90. The molecule has 2 heterocycles. The van der Waals surface area contributed by atoms with Gasteiger partial charge in [-0.25, -0.2) is 4.98 Å². The SMILES string of the molecule is c1cc2c(o1)CCc1[nH]c(CNCC3CC3)nc1-2. The topological polar surface area (TPSA) is 53.9 Å². The maximum Gasteiger partial charge on any atom is 0.121 e. The molecule has 0 spiro atoms. The maximum atomic E-state index is 5.47. The number of aryl methyl sites for hydroxylation is 2. The van der Waals surface area contributed by atoms with Crippen molar-refractivity contribution >= 4 is 0 Å². The molecule has 0 saturated heterocycles. The highest BCUT2D eigenvalue weighted by atomic mass is 16.3. The van der Waals surface area contributed by atoms with Crippen LogP contribution >= 0.6 is 0 Å². The molecule has 4 heteroatoms. The standard InChI is InChI=1S/C14H17N3O/c1-2-9(1)7-15-8-13-16-11-3-4-12-10(5-6-18-12)14(11)17-13/h5-6,9,15H,1-4,7-8H2,(H,16,17). The van der Waals surface area contributed by atoms with Crippen molar-refractivity contribution in [1.29, 1.82) is 0 Å². The Kier molecular flexibility index (Phi) is 2.30. The van der Waals surface area contributed by atoms with Gasteiger partial charge in [0.15, 0.2) is 0 Å². The van der Waals surface area contributed by atoms with Crippen LogP contribution in [0.5, 0.6) is 0 Å². The van der Waals surface area contributed by atoms with Crippen LogP contribution in [-0.4, -0.2) is 16.5 Å². The van der Waals surface area contributed by atoms with E-state index < -0.39 is 0 Å². The number of hydrogen-bond acceptors (Lipinski definition) is 3. The number of H-pyrrole nitrogens is 1. The first kappa shape index (κ1) is 10.4. The fraction of sp³-hybridized carbons (Fsp3) is 0.500. The van der Waals surface area contributed by atoms with Gasteiger partial charge in [0.25, 0.3) is 0 Å². The van der Waals surface area contributed by atoms with Crippen molar-refractivity contribution in [1.82, 2.24) is 15.3 Å². The molecule has 2 N–H and O–H groups in total. The summed E-state index contributed by atoms with van der Waals surface area (Å²) in [6.45, 7) is 1.97. The van der Waals surface area contributed by atoms with E-state index in [-0.39, 0.29) is 0 Å². The average Bonchev–Trinajstić information content (AvgIpc) is 2.91. The van der Waals surface area contributed by atoms with Crippen molar-refractivity contribution in [2.45, 2.75) is 32.2 Å². The van der Waals surface area contributed by atoms with Crippen molar-refractivity contribution in [2.75, 3.05) is 6.54 Å². The Morgan fingerprint density at radius 1 is 1.39 bits per heavy atom. The second kappa shape index (κ2) is 3.99. The van der Waals surface area contributed by atoms with Crippen LogP contribution < -0.4 is 5.32 Å². The highest BCUT2D eigenvalue weighted by molar-refractivity contribution is 5.66. The molecular weight excluding hydrogens is 226 g/mol. The quantitative estimate of drug-likeness (QED) is 0.866. The summed E-state index contributed by atoms with van der Waals surface area (Å²) >= 11 is 0. The molecule has 2 aromatic heterocycles. The van der Waals surface area contributed by atoms with Crippen LogP contribution in [0.4, 0.5) is 0 Å². The minimum absolute atomic E-state index is 0.844. The Morgan fingerprint density at radius 3 is 3.22 bits per heavy atom. The van der Waals surface area contributed by atoms with Crippen LogP contribution in [0.2, 0.25) is 0 Å². The van der Waals surface area contributed by atoms with Gasteiger partial charge in [-0.2, -0.15) is 0 Å². The van der Waals surface area contributed by atoms with E-state index in [0.717, 1.165) is 49.1 Å². The smallest absolute Gasteiger partial charge is 0.121 e. The minimum atomic E-state index is 0.844. The van der Waals surface area contributed by atoms with E-state index in [1.54, 1.807) is 6.26 Å². The summed E-state index contributed by atoms with van der Waals surface area (Å²) < 4.78 is 5.47. The number of nitrogens with zero attached hydrogens (tertiary/aromatic N) is 1. The van der Waals surface area contributed by atoms with Crippen LogP contribution in [0, 0.1) is 5.92 Å². The molecule has 0 unspecified atom stereocenters. The molecule has 0 aliphatic heterocycles. The van der Waals surface area contributed by atoms with Crippen molar-refractivity contribution < 1.29 is 4.42 Å². The lowest BCUT2D eigenvalue weighted by Gasteiger charge is -2.08. The van der Waals surface area contributed by atoms with Crippen molar-refractivity contribution in [2.24, 2.45) is 5.92 Å². The Labute approximate surface area is 106 Å². The number of fused-ring (bicyclic) bond motifs is 3. The molecule has 1 fully saturated rings. The lowest BCUT2D eigenvalue weighted by molar-refractivity contribution is 0.506. The lowest BCUT2D eigenvalue weighted by atomic mass is 10.00. The largest absolute Gasteiger partial charge is 0.469 e. The molecule has 0 bridgehead atoms. The van der Waals surface area contributed by atoms with Gasteiger partial charge in [0.1, 0.15) is 11.6 Å². The minimum Gasteiger partial charge on any atom is -0.469 e. The summed E-state index contributed by atoms with van der Waals surface area (Å²) in [5, 5.41) is 3.47. The molecule has 94 valence electrons. The van der Waals surface area contributed by atoms with Crippen molar-refractivity contribution in [3.05, 3.63) is 29.6 Å². The van der Waals surface area contributed by atoms with Gasteiger partial charge < -0.3 is 14.7 Å². The molecular formula is C14H17N3O. The highest BCUT2D eigenvalue weighted by Gasteiger charge is 2.23. The molecule has 2 aliphatic carbocycles. The molecule has 2 aromatic rings. The molecule has 18 heavy (non-hydrogen) atoms. The van der Waals surface area contributed by atoms with Gasteiger partial charge in [0.2, 0.25) is 0 Å². The predicted molar refractivity (Wildman–Crippen MR) is 68.1 cm³/mol. The zero-order valence-corrected chi connectivity index (χ0v) is 10.3. The molecule has 4 nitrogen and oxygen atoms in total. The van der Waals surface area contributed by atoms with E-state index in [2.05, 4.69) is 10.3 Å². The maximum absolute atomic E-state index is 5.47. The summed E-state index contributed by atoms with van der Waals surface area (Å²) in [6.07, 6.45) is 6.53. The molecule has 0 radical (unpaired) electrons. The molecule has 1 saturated carbocycles. The Bertz CT molecular complexity index is 565. The summed E-state index contributed by atoms with van der Waals surface area (Å²) in [6, 6.07) is 2.02. The van der Waals surface area contributed by atoms with Gasteiger partial charge in [-0.15, -0.1) is 0 Å². The van der Waals surface area contributed by atoms with Crippen molar-refractivity contribution in [3.63, 3.8) is 0 Å². The second-order valence-corrected chi connectivity index (χ2v) is 5.34. The van der Waals surface area contributed by atoms with Crippen LogP contribution in [0.25, 0.3) is 11.3 Å². The third kappa shape index (κ3) is 1.77. The van der Waals surface area contributed by atoms with Crippen LogP contribution in [0.1, 0.15) is 30.1 Å². The Morgan fingerprint density at radius 2 is 2.33 bits per heavy atom. The normalized spacial score (nSPS) is 17.6. The fourth-order valence-electron chi connectivity index (χ4n) is 2.65. The third-order valence-corrected chi connectivity index (χ3v) is 3.85. The number of rotatable bonds is 4. The van der Waals surface area contributed by atoms with Gasteiger partial charge >= 0.3 is 0 Å². The monoisotopic (exact) mass is 243 g/mol. The molecule has 0 amide bonds. The molecule has 0 aromatic carbocycles. The van der Waals surface area contributed by atoms with E-state index in [4.69, 9.17) is 9.40 Å². The van der Waals surface area contributed by atoms with Gasteiger partial charge in [0.05, 0.1) is 18.5 Å². The fourth-order valence-corrected chi connectivity index (χ4v) is 2.65. The lowest BCUT2D eigenvalue weighted by Crippen LogP contribution is -2.16. The van der Waals surface area contributed by atoms with Crippen LogP contribution in [0.3, 0.4) is 0 Å². The van der Waals surface area contributed by atoms with E-state index in [1.165, 1.54) is 24.1 Å². The Hall–Kier alpha value is -1.55. The summed E-state index contributed by atoms with van der Waals surface area (Å²) in [4.78, 5) is 8.15. The number of hydrogen-bond donors (Lipinski definition) is 2. The molecule has 0 atom stereocenters. The van der Waals surface area contributed by atoms with Gasteiger partial charge in [0, 0.05) is 17.7 Å². The molecule has 2 aliphatic rings. The second-order valence-electron chi connectivity index (χ2n) is 5.34. The summed E-state index contributed by atoms with van der Waals surface area (Å²) in [5.41, 5.74) is 3.52. The number of furan rings is 1. The third-order valence-electron chi connectivity index (χ3n) is 3.85.